The van der Waals surface area contributed by atoms with Crippen LogP contribution in [0.3, 0.4) is 0 Å². The number of hydrogen-bond acceptors (Lipinski definition) is 26. The van der Waals surface area contributed by atoms with Gasteiger partial charge in [0.05, 0.1) is 171 Å². The van der Waals surface area contributed by atoms with Crippen molar-refractivity contribution in [1.82, 2.24) is 50.3 Å². The van der Waals surface area contributed by atoms with Crippen molar-refractivity contribution in [2.45, 2.75) is 85.0 Å². The predicted octanol–water partition coefficient (Wildman–Crippen LogP) is 16.6. The number of fused-ring (bicyclic) bond motifs is 4. The number of furan rings is 2. The molecule has 3 aliphatic carbocycles. The van der Waals surface area contributed by atoms with Crippen LogP contribution in [0.4, 0.5) is 5.82 Å². The lowest BCUT2D eigenvalue weighted by Gasteiger charge is -2.15. The summed E-state index contributed by atoms with van der Waals surface area (Å²) in [6, 6.07) is 36.1. The Bertz CT molecular complexity index is 6700. The van der Waals surface area contributed by atoms with E-state index in [1.54, 1.807) is 131 Å². The first kappa shape index (κ1) is 97.6. The number of phenolic OH excluding ortho intramolecular Hbond substituents is 4. The highest BCUT2D eigenvalue weighted by Crippen LogP contribution is 2.51. The van der Waals surface area contributed by atoms with E-state index in [-0.39, 0.29) is 89.7 Å². The lowest BCUT2D eigenvalue weighted by atomic mass is 9.93. The van der Waals surface area contributed by atoms with Crippen LogP contribution < -0.4 is 73.4 Å². The highest BCUT2D eigenvalue weighted by molar-refractivity contribution is 6.18. The molecular weight excluding hydrogens is 1750 g/mol. The molecule has 12 aromatic rings. The average molecular weight is 1860 g/mol. The van der Waals surface area contributed by atoms with Crippen LogP contribution in [0.25, 0.3) is 56.6 Å². The molecule has 33 heteroatoms. The third kappa shape index (κ3) is 22.5. The fourth-order valence-corrected chi connectivity index (χ4v) is 16.2. The lowest BCUT2D eigenvalue weighted by Crippen LogP contribution is -2.26. The summed E-state index contributed by atoms with van der Waals surface area (Å²) in [4.78, 5) is 77.1. The quantitative estimate of drug-likeness (QED) is 0.0182. The van der Waals surface area contributed by atoms with Gasteiger partial charge in [-0.05, 0) is 228 Å². The number of benzene rings is 4. The van der Waals surface area contributed by atoms with E-state index in [4.69, 9.17) is 72.5 Å². The molecule has 1 unspecified atom stereocenters. The number of carbonyl (C=O) groups is 4. The molecule has 4 aromatic carbocycles. The van der Waals surface area contributed by atoms with Crippen LogP contribution in [-0.2, 0) is 65.9 Å². The number of pyridine rings is 4. The average Bonchev–Trinajstić information content (AvgIpc) is 1.62. The Balaban J connectivity index is 0.000000154. The summed E-state index contributed by atoms with van der Waals surface area (Å²) >= 11 is 0. The van der Waals surface area contributed by atoms with E-state index < -0.39 is 0 Å². The summed E-state index contributed by atoms with van der Waals surface area (Å²) in [6.07, 6.45) is 20.7. The van der Waals surface area contributed by atoms with Gasteiger partial charge in [0.1, 0.15) is 29.2 Å². The summed E-state index contributed by atoms with van der Waals surface area (Å²) in [6.45, 7) is 14.9. The molecule has 0 bridgehead atoms. The molecule has 33 nitrogen and oxygen atoms in total. The Labute approximate surface area is 791 Å². The van der Waals surface area contributed by atoms with Crippen LogP contribution in [0.1, 0.15) is 142 Å². The molecule has 8 N–H and O–H groups in total. The molecule has 1 aliphatic heterocycles. The van der Waals surface area contributed by atoms with Gasteiger partial charge in [-0.25, -0.2) is 9.98 Å². The van der Waals surface area contributed by atoms with Crippen molar-refractivity contribution in [3.63, 3.8) is 0 Å². The summed E-state index contributed by atoms with van der Waals surface area (Å²) < 4.78 is 72.8. The van der Waals surface area contributed by atoms with Gasteiger partial charge in [0.25, 0.3) is 5.82 Å². The minimum Gasteiger partial charge on any atom is -0.502 e. The molecule has 1 atom stereocenters. The first-order valence-corrected chi connectivity index (χ1v) is 43.1. The summed E-state index contributed by atoms with van der Waals surface area (Å²) in [5.41, 5.74) is 20.4. The van der Waals surface area contributed by atoms with Gasteiger partial charge in [-0.15, -0.1) is 4.98 Å². The van der Waals surface area contributed by atoms with Crippen molar-refractivity contribution in [2.24, 2.45) is 19.1 Å². The molecule has 9 heterocycles. The number of phenols is 4. The van der Waals surface area contributed by atoms with Crippen LogP contribution in [0.5, 0.6) is 86.4 Å². The molecule has 0 fully saturated rings. The zero-order valence-corrected chi connectivity index (χ0v) is 78.6. The molecule has 0 spiro atoms. The van der Waals surface area contributed by atoms with Gasteiger partial charge >= 0.3 is 0 Å². The second kappa shape index (κ2) is 44.5. The Morgan fingerprint density at radius 1 is 0.438 bits per heavy atom. The van der Waals surface area contributed by atoms with E-state index in [0.29, 0.717) is 124 Å². The Morgan fingerprint density at radius 2 is 0.876 bits per heavy atom. The van der Waals surface area contributed by atoms with E-state index in [1.807, 2.05) is 123 Å². The Hall–Kier alpha value is -16.9. The highest BCUT2D eigenvalue weighted by atomic mass is 16.5. The molecule has 16 rings (SSSR count). The highest BCUT2D eigenvalue weighted by Gasteiger charge is 2.35. The predicted molar refractivity (Wildman–Crippen MR) is 516 cm³/mol. The van der Waals surface area contributed by atoms with E-state index in [9.17, 15) is 39.6 Å². The van der Waals surface area contributed by atoms with E-state index in [2.05, 4.69) is 46.0 Å². The molecule has 137 heavy (non-hydrogen) atoms. The van der Waals surface area contributed by atoms with Crippen molar-refractivity contribution in [1.29, 1.82) is 0 Å². The number of aromatic hydroxyl groups is 4. The summed E-state index contributed by atoms with van der Waals surface area (Å²) in [5, 5.41) is 52.7. The van der Waals surface area contributed by atoms with Gasteiger partial charge < -0.3 is 117 Å². The lowest BCUT2D eigenvalue weighted by molar-refractivity contribution is -0.122. The van der Waals surface area contributed by atoms with Crippen LogP contribution in [0, 0.1) is 6.57 Å². The van der Waals surface area contributed by atoms with Crippen LogP contribution >= 0.6 is 0 Å². The van der Waals surface area contributed by atoms with Crippen molar-refractivity contribution in [2.75, 3.05) is 78.2 Å². The molecular formula is C104H106N12O21. The molecule has 4 aliphatic rings. The first-order valence-electron chi connectivity index (χ1n) is 43.1. The number of methoxy groups -OCH3 is 11. The van der Waals surface area contributed by atoms with Crippen LogP contribution in [0.2, 0.25) is 0 Å². The zero-order chi connectivity index (χ0) is 97.8. The van der Waals surface area contributed by atoms with Gasteiger partial charge in [-0.3, -0.25) is 29.1 Å². The molecule has 8 aromatic heterocycles. The maximum Gasteiger partial charge on any atom is 0.269 e. The number of ether oxygens (including phenoxy) is 11. The zero-order valence-electron chi connectivity index (χ0n) is 78.6. The summed E-state index contributed by atoms with van der Waals surface area (Å²) in [5.74, 6) is 4.86. The summed E-state index contributed by atoms with van der Waals surface area (Å²) in [7, 11) is 20.4. The molecule has 0 radical (unpaired) electrons. The van der Waals surface area contributed by atoms with E-state index in [1.165, 1.54) is 56.9 Å². The number of hydrogen-bond donors (Lipinski definition) is 8. The third-order valence-corrected chi connectivity index (χ3v) is 23.6. The maximum atomic E-state index is 12.9. The number of amides is 4. The molecule has 708 valence electrons. The van der Waals surface area contributed by atoms with Gasteiger partial charge in [0.2, 0.25) is 52.5 Å². The van der Waals surface area contributed by atoms with E-state index >= 15 is 0 Å². The van der Waals surface area contributed by atoms with Gasteiger partial charge in [0.15, 0.2) is 46.0 Å². The Morgan fingerprint density at radius 3 is 1.34 bits per heavy atom. The number of aromatic nitrogens is 6. The van der Waals surface area contributed by atoms with Crippen molar-refractivity contribution >= 4 is 86.9 Å². The number of carbonyl (C=O) groups excluding carboxylic acids is 4. The Kier molecular flexibility index (Phi) is 31.7. The fourth-order valence-electron chi connectivity index (χ4n) is 16.2. The topological polar surface area (TPSA) is 403 Å². The van der Waals surface area contributed by atoms with Gasteiger partial charge in [-0.1, -0.05) is 12.1 Å². The second-order valence-electron chi connectivity index (χ2n) is 31.8. The number of allylic oxidation sites excluding steroid dienone is 6. The maximum absolute atomic E-state index is 12.9. The SMILES string of the molecule is COc1cc2c(cn1)C(CC(=O)NCc1ccco1)=C(C)C2=Cc1cc(OC)c(O)c(OC)c1.COc1cnc2c(c1)C(CC(=O)NCc1cccn1C)=N/C2=C/c1cc(OC)c(O)c(OC)c1.COc1cnc2c(c1)C(CC(=O)NCc1ccco1)=C(C)/C2=C/c1cc(OC)c(O)c(OC)c1.[C-]#[N+]c1cc2c(cn1)C(Cc1cc(OC)c(O)c(OC)c1)=C(C)C2CC(=O)NCc1cccn1C. The number of aryl methyl sites for hydroxylation is 2. The second-order valence-corrected chi connectivity index (χ2v) is 31.8. The standard InChI is InChI=1S/C27H28N4O4.2C26H26N2O6.C25H26N4O5/c1-16-19(9-17-10-23(34-4)27(33)24(11-17)35-5)22-15-29-25(28-2)12-21(22)20(16)13-26(32)30-14-18-7-6-8-31(18)3;1-15-19(12-24(29)27-13-17-6-5-7-34-17)21-11-18(31-2)14-28-25(21)20(15)8-16-9-22(32-3)26(30)23(10-16)33-4;1-15-18(8-16-9-22(31-2)26(30)23(10-16)32-3)20-12-25(33-4)28-14-21(20)19(15)11-24(29)27-13-17-6-5-7-34-17;1-29-7-5-6-16(29)13-26-23(30)12-19-18-11-17(32-2)14-27-24(18)20(28-19)8-15-9-21(33-3)25(31)22(10-15)34-4/h6-8,10-12,15,20,33H,9,13-14H2,1,3-5H3,(H,30,32);5-11,14,30H,12-13H2,1-4H3,(H,27,29);5-10,12,14,30H,11,13H2,1-4H3,(H,27,29);5-11,14,31H,12-13H2,1-4H3,(H,26,30)/b;20-8-;;20-8+. The monoisotopic (exact) mass is 1860 g/mol. The molecule has 4 amide bonds. The minimum absolute atomic E-state index is 0.0487. The minimum atomic E-state index is -0.155. The number of nitrogens with one attached hydrogen (secondary N) is 4. The smallest absolute Gasteiger partial charge is 0.269 e. The molecule has 0 saturated carbocycles. The fraction of sp³-hybridized carbons (Fsp3) is 0.250. The van der Waals surface area contributed by atoms with Crippen molar-refractivity contribution in [3.05, 3.63) is 289 Å². The number of nitrogens with zero attached hydrogens (tertiary/aromatic N) is 8. The van der Waals surface area contributed by atoms with Crippen LogP contribution in [0.15, 0.2) is 202 Å². The first-order chi connectivity index (χ1) is 66.2. The van der Waals surface area contributed by atoms with Crippen LogP contribution in [-0.4, -0.2) is 157 Å². The molecule has 0 saturated heterocycles. The van der Waals surface area contributed by atoms with Gasteiger partial charge in [-0.2, -0.15) is 0 Å². The largest absolute Gasteiger partial charge is 0.502 e. The van der Waals surface area contributed by atoms with Crippen molar-refractivity contribution < 1.29 is 101 Å². The van der Waals surface area contributed by atoms with Gasteiger partial charge in [0, 0.05) is 90.3 Å². The van der Waals surface area contributed by atoms with E-state index in [0.717, 1.165) is 112 Å². The number of aliphatic imine (C=N–C) groups is 1. The third-order valence-electron chi connectivity index (χ3n) is 23.6. The number of rotatable bonds is 32. The normalized spacial score (nSPS) is 13.8. The van der Waals surface area contributed by atoms with Crippen molar-refractivity contribution in [3.8, 4) is 86.4 Å².